The number of methoxy groups -OCH3 is 2. The Balaban J connectivity index is 1.10. The number of nitrogens with zero attached hydrogens (tertiary/aromatic N) is 8. The minimum absolute atomic E-state index is 0.0391. The number of nitrogens with one attached hydrogen (secondary N) is 6. The predicted molar refractivity (Wildman–Crippen MR) is 270 cm³/mol. The van der Waals surface area contributed by atoms with Gasteiger partial charge in [0.2, 0.25) is 23.8 Å². The SMILES string of the molecule is COc1nc(NCCCCCCNc2nc(OC)nc(N(C3CC(C)(C)NC(C)(C)C3)C3CC(C)(C)NC(C)(C)C3)n2)nc(N(C2CC(C)(C)NC(C)(C)C2)C2CC(C)(C)NC(C)(C)C2)n1. The number of hydrogen-bond donors (Lipinski definition) is 6. The summed E-state index contributed by atoms with van der Waals surface area (Å²) in [6.45, 7) is 38.5. The smallest absolute Gasteiger partial charge is 0.322 e. The lowest BCUT2D eigenvalue weighted by Crippen LogP contribution is -2.67. The van der Waals surface area contributed by atoms with Crippen LogP contribution in [0.25, 0.3) is 0 Å². The van der Waals surface area contributed by atoms with Crippen LogP contribution in [0.1, 0.15) is 188 Å². The summed E-state index contributed by atoms with van der Waals surface area (Å²) in [5.41, 5.74) is -0.313. The standard InChI is InChI=1S/C50H92N14O2/c1-43(2)25-33(26-44(3,4)59-43)63(34-27-45(5,6)60-46(7,8)28-34)39-53-37(55-41(57-39)65-17)51-23-21-19-20-22-24-52-38-54-40(58-42(56-38)66-18)64(35-29-47(9,10)61-48(11,12)30-35)36-31-49(13,14)62-50(15,16)32-36/h33-36,59-62H,19-32H2,1-18H3,(H,51,53,55,57)(H,52,54,56,58). The van der Waals surface area contributed by atoms with Gasteiger partial charge in [0, 0.05) is 81.6 Å². The molecule has 0 saturated carbocycles. The largest absolute Gasteiger partial charge is 0.467 e. The van der Waals surface area contributed by atoms with E-state index in [4.69, 9.17) is 29.4 Å². The molecule has 374 valence electrons. The molecule has 16 nitrogen and oxygen atoms in total. The first-order chi connectivity index (χ1) is 30.4. The molecule has 4 saturated heterocycles. The van der Waals surface area contributed by atoms with Crippen LogP contribution in [0.2, 0.25) is 0 Å². The van der Waals surface area contributed by atoms with Crippen LogP contribution in [0.5, 0.6) is 12.0 Å². The van der Waals surface area contributed by atoms with Gasteiger partial charge in [-0.2, -0.15) is 29.9 Å². The predicted octanol–water partition coefficient (Wildman–Crippen LogP) is 8.01. The number of aromatic nitrogens is 6. The number of rotatable bonds is 17. The molecule has 0 aromatic carbocycles. The fourth-order valence-electron chi connectivity index (χ4n) is 13.4. The summed E-state index contributed by atoms with van der Waals surface area (Å²) in [7, 11) is 3.29. The van der Waals surface area contributed by atoms with Crippen molar-refractivity contribution >= 4 is 23.8 Å². The van der Waals surface area contributed by atoms with Crippen molar-refractivity contribution in [3.05, 3.63) is 0 Å². The number of ether oxygens (including phenoxy) is 2. The third-order valence-electron chi connectivity index (χ3n) is 14.0. The highest BCUT2D eigenvalue weighted by molar-refractivity contribution is 5.44. The van der Waals surface area contributed by atoms with Crippen molar-refractivity contribution in [1.82, 2.24) is 51.2 Å². The molecular weight excluding hydrogens is 829 g/mol. The fraction of sp³-hybridized carbons (Fsp3) is 0.880. The summed E-state index contributed by atoms with van der Waals surface area (Å²) in [4.78, 5) is 34.6. The van der Waals surface area contributed by atoms with Crippen molar-refractivity contribution in [2.24, 2.45) is 0 Å². The molecular formula is C50H92N14O2. The summed E-state index contributed by atoms with van der Waals surface area (Å²) in [6, 6.07) is 1.65. The molecule has 2 aromatic heterocycles. The molecule has 0 aliphatic carbocycles. The molecule has 0 bridgehead atoms. The maximum Gasteiger partial charge on any atom is 0.322 e. The second kappa shape index (κ2) is 19.2. The van der Waals surface area contributed by atoms with Crippen molar-refractivity contribution in [2.75, 3.05) is 47.7 Å². The number of anilines is 4. The maximum atomic E-state index is 5.73. The Kier molecular flexibility index (Phi) is 15.2. The van der Waals surface area contributed by atoms with Gasteiger partial charge in [0.15, 0.2) is 0 Å². The van der Waals surface area contributed by atoms with Gasteiger partial charge in [-0.05, 0) is 175 Å². The van der Waals surface area contributed by atoms with Gasteiger partial charge >= 0.3 is 12.0 Å². The zero-order valence-corrected chi connectivity index (χ0v) is 44.6. The number of unbranched alkanes of at least 4 members (excludes halogenated alkanes) is 3. The van der Waals surface area contributed by atoms with E-state index in [2.05, 4.69) is 162 Å². The van der Waals surface area contributed by atoms with Crippen LogP contribution in [0.4, 0.5) is 23.8 Å². The van der Waals surface area contributed by atoms with Crippen molar-refractivity contribution in [2.45, 2.75) is 256 Å². The van der Waals surface area contributed by atoms with Gasteiger partial charge in [0.25, 0.3) is 0 Å². The lowest BCUT2D eigenvalue weighted by molar-refractivity contribution is 0.122. The van der Waals surface area contributed by atoms with Crippen LogP contribution < -0.4 is 51.2 Å². The van der Waals surface area contributed by atoms with E-state index in [1.165, 1.54) is 0 Å². The zero-order chi connectivity index (χ0) is 48.7. The monoisotopic (exact) mass is 921 g/mol. The Morgan fingerprint density at radius 3 is 0.864 bits per heavy atom. The summed E-state index contributed by atoms with van der Waals surface area (Å²) >= 11 is 0. The molecule has 0 amide bonds. The van der Waals surface area contributed by atoms with E-state index < -0.39 is 0 Å². The Morgan fingerprint density at radius 1 is 0.394 bits per heavy atom. The highest BCUT2D eigenvalue weighted by Gasteiger charge is 2.49. The Morgan fingerprint density at radius 2 is 0.636 bits per heavy atom. The maximum absolute atomic E-state index is 5.73. The molecule has 0 atom stereocenters. The molecule has 4 aliphatic heterocycles. The molecule has 6 heterocycles. The molecule has 6 N–H and O–H groups in total. The lowest BCUT2D eigenvalue weighted by Gasteiger charge is -2.55. The topological polar surface area (TPSA) is 174 Å². The van der Waals surface area contributed by atoms with Crippen molar-refractivity contribution in [3.63, 3.8) is 0 Å². The van der Waals surface area contributed by atoms with Crippen LogP contribution in [0, 0.1) is 0 Å². The average molecular weight is 921 g/mol. The van der Waals surface area contributed by atoms with E-state index in [0.717, 1.165) is 90.1 Å². The van der Waals surface area contributed by atoms with Crippen molar-refractivity contribution in [1.29, 1.82) is 0 Å². The minimum atomic E-state index is -0.0391. The number of hydrogen-bond acceptors (Lipinski definition) is 16. The molecule has 0 unspecified atom stereocenters. The van der Waals surface area contributed by atoms with Crippen LogP contribution in [0.3, 0.4) is 0 Å². The lowest BCUT2D eigenvalue weighted by atomic mass is 9.75. The van der Waals surface area contributed by atoms with Gasteiger partial charge in [-0.1, -0.05) is 12.8 Å². The zero-order valence-electron chi connectivity index (χ0n) is 44.6. The Bertz CT molecular complexity index is 1670. The summed E-state index contributed by atoms with van der Waals surface area (Å²) in [5.74, 6) is 2.51. The number of piperidine rings is 4. The van der Waals surface area contributed by atoms with Gasteiger partial charge in [0.05, 0.1) is 14.2 Å². The third-order valence-corrected chi connectivity index (χ3v) is 14.0. The quantitative estimate of drug-likeness (QED) is 0.0842. The Hall–Kier alpha value is -3.34. The molecule has 2 aromatic rings. The van der Waals surface area contributed by atoms with Gasteiger partial charge in [-0.3, -0.25) is 0 Å². The van der Waals surface area contributed by atoms with E-state index in [1.54, 1.807) is 14.2 Å². The highest BCUT2D eigenvalue weighted by Crippen LogP contribution is 2.42. The van der Waals surface area contributed by atoms with Gasteiger partial charge in [0.1, 0.15) is 0 Å². The molecule has 0 radical (unpaired) electrons. The van der Waals surface area contributed by atoms with Crippen LogP contribution in [-0.4, -0.2) is 126 Å². The molecule has 6 rings (SSSR count). The second-order valence-electron chi connectivity index (χ2n) is 25.8. The molecule has 66 heavy (non-hydrogen) atoms. The normalized spacial score (nSPS) is 24.6. The Labute approximate surface area is 399 Å². The summed E-state index contributed by atoms with van der Waals surface area (Å²) in [6.07, 6.45) is 11.9. The van der Waals surface area contributed by atoms with Crippen LogP contribution in [0.15, 0.2) is 0 Å². The summed E-state index contributed by atoms with van der Waals surface area (Å²) in [5, 5.41) is 22.6. The van der Waals surface area contributed by atoms with Crippen LogP contribution >= 0.6 is 0 Å². The first-order valence-corrected chi connectivity index (χ1v) is 25.2. The third kappa shape index (κ3) is 14.1. The molecule has 16 heteroatoms. The molecule has 4 fully saturated rings. The van der Waals surface area contributed by atoms with Crippen molar-refractivity contribution < 1.29 is 9.47 Å². The van der Waals surface area contributed by atoms with Gasteiger partial charge in [-0.15, -0.1) is 0 Å². The fourth-order valence-corrected chi connectivity index (χ4v) is 13.4. The van der Waals surface area contributed by atoms with E-state index in [1.807, 2.05) is 0 Å². The van der Waals surface area contributed by atoms with Gasteiger partial charge < -0.3 is 51.2 Å². The molecule has 0 spiro atoms. The van der Waals surface area contributed by atoms with E-state index in [-0.39, 0.29) is 68.5 Å². The first-order valence-electron chi connectivity index (χ1n) is 25.2. The highest BCUT2D eigenvalue weighted by atomic mass is 16.5. The van der Waals surface area contributed by atoms with Gasteiger partial charge in [-0.25, -0.2) is 0 Å². The summed E-state index contributed by atoms with van der Waals surface area (Å²) < 4.78 is 11.5. The second-order valence-corrected chi connectivity index (χ2v) is 25.8. The minimum Gasteiger partial charge on any atom is -0.467 e. The average Bonchev–Trinajstić information content (AvgIpc) is 3.11. The van der Waals surface area contributed by atoms with E-state index in [9.17, 15) is 0 Å². The molecule has 4 aliphatic rings. The van der Waals surface area contributed by atoms with Crippen molar-refractivity contribution in [3.8, 4) is 12.0 Å². The van der Waals surface area contributed by atoms with E-state index in [0.29, 0.717) is 35.8 Å². The van der Waals surface area contributed by atoms with Crippen LogP contribution in [-0.2, 0) is 0 Å². The van der Waals surface area contributed by atoms with E-state index >= 15 is 0 Å². The first kappa shape index (κ1) is 52.0.